The Labute approximate surface area is 187 Å². The molecular weight excluding hydrogens is 418 g/mol. The molecule has 1 aromatic carbocycles. The molecule has 7 nitrogen and oxygen atoms in total. The van der Waals surface area contributed by atoms with Gasteiger partial charge in [-0.15, -0.1) is 0 Å². The van der Waals surface area contributed by atoms with Gasteiger partial charge in [0.1, 0.15) is 5.75 Å². The standard InChI is InChI=1S/C23H26ClN3O4/c1-4-22(28)26-9-11-27(12-10-26)23(29)6-5-17-13-18(19(24)15-20(17)30-2)16-7-8-25-21(14-16)31-3/h4,7-8,13-15H,1,5-6,9-12H2,2-3H3. The molecule has 0 aliphatic carbocycles. The van der Waals surface area contributed by atoms with Crippen LogP contribution >= 0.6 is 11.6 Å². The molecule has 0 unspecified atom stereocenters. The number of piperazine rings is 1. The van der Waals surface area contributed by atoms with Crippen LogP contribution in [0.25, 0.3) is 11.1 Å². The average molecular weight is 444 g/mol. The lowest BCUT2D eigenvalue weighted by molar-refractivity contribution is -0.137. The van der Waals surface area contributed by atoms with Gasteiger partial charge in [0.2, 0.25) is 17.7 Å². The molecule has 2 aromatic rings. The van der Waals surface area contributed by atoms with Crippen molar-refractivity contribution in [3.8, 4) is 22.8 Å². The monoisotopic (exact) mass is 443 g/mol. The summed E-state index contributed by atoms with van der Waals surface area (Å²) in [4.78, 5) is 32.1. The smallest absolute Gasteiger partial charge is 0.246 e. The number of hydrogen-bond acceptors (Lipinski definition) is 5. The van der Waals surface area contributed by atoms with Crippen LogP contribution in [0.2, 0.25) is 5.02 Å². The number of halogens is 1. The van der Waals surface area contributed by atoms with E-state index >= 15 is 0 Å². The fourth-order valence-corrected chi connectivity index (χ4v) is 3.86. The number of carbonyl (C=O) groups excluding carboxylic acids is 2. The molecule has 0 bridgehead atoms. The molecule has 2 amide bonds. The van der Waals surface area contributed by atoms with Gasteiger partial charge >= 0.3 is 0 Å². The van der Waals surface area contributed by atoms with E-state index < -0.39 is 0 Å². The van der Waals surface area contributed by atoms with E-state index in [1.54, 1.807) is 36.3 Å². The molecule has 3 rings (SSSR count). The lowest BCUT2D eigenvalue weighted by atomic mass is 10.00. The molecule has 0 saturated carbocycles. The van der Waals surface area contributed by atoms with Crippen LogP contribution < -0.4 is 9.47 Å². The van der Waals surface area contributed by atoms with Gasteiger partial charge in [-0.2, -0.15) is 0 Å². The van der Waals surface area contributed by atoms with Gasteiger partial charge < -0.3 is 19.3 Å². The number of rotatable bonds is 7. The molecule has 0 atom stereocenters. The summed E-state index contributed by atoms with van der Waals surface area (Å²) in [5, 5.41) is 0.545. The van der Waals surface area contributed by atoms with Crippen LogP contribution in [0.4, 0.5) is 0 Å². The van der Waals surface area contributed by atoms with Gasteiger partial charge in [-0.3, -0.25) is 9.59 Å². The number of methoxy groups -OCH3 is 2. The molecule has 1 fully saturated rings. The highest BCUT2D eigenvalue weighted by molar-refractivity contribution is 6.33. The van der Waals surface area contributed by atoms with Crippen LogP contribution in [-0.4, -0.2) is 67.0 Å². The molecule has 31 heavy (non-hydrogen) atoms. The molecule has 8 heteroatoms. The number of aromatic nitrogens is 1. The highest BCUT2D eigenvalue weighted by Gasteiger charge is 2.23. The fourth-order valence-electron chi connectivity index (χ4n) is 3.60. The Morgan fingerprint density at radius 3 is 2.48 bits per heavy atom. The SMILES string of the molecule is C=CC(=O)N1CCN(C(=O)CCc2cc(-c3ccnc(OC)c3)c(Cl)cc2OC)CC1. The van der Waals surface area contributed by atoms with Crippen molar-refractivity contribution in [3.05, 3.63) is 53.7 Å². The highest BCUT2D eigenvalue weighted by atomic mass is 35.5. The Kier molecular flexibility index (Phi) is 7.52. The van der Waals surface area contributed by atoms with E-state index in [0.29, 0.717) is 55.7 Å². The molecular formula is C23H26ClN3O4. The van der Waals surface area contributed by atoms with E-state index in [1.807, 2.05) is 18.2 Å². The van der Waals surface area contributed by atoms with Crippen molar-refractivity contribution < 1.29 is 19.1 Å². The lowest BCUT2D eigenvalue weighted by Gasteiger charge is -2.34. The number of amides is 2. The van der Waals surface area contributed by atoms with Crippen molar-refractivity contribution in [1.29, 1.82) is 0 Å². The first-order valence-electron chi connectivity index (χ1n) is 10.0. The number of hydrogen-bond donors (Lipinski definition) is 0. The van der Waals surface area contributed by atoms with E-state index in [0.717, 1.165) is 16.7 Å². The first-order valence-corrected chi connectivity index (χ1v) is 10.4. The van der Waals surface area contributed by atoms with Crippen LogP contribution in [0.3, 0.4) is 0 Å². The van der Waals surface area contributed by atoms with Gasteiger partial charge in [0.25, 0.3) is 0 Å². The van der Waals surface area contributed by atoms with Crippen LogP contribution in [0.5, 0.6) is 11.6 Å². The van der Waals surface area contributed by atoms with Crippen molar-refractivity contribution >= 4 is 23.4 Å². The number of nitrogens with zero attached hydrogens (tertiary/aromatic N) is 3. The predicted molar refractivity (Wildman–Crippen MR) is 119 cm³/mol. The molecule has 2 heterocycles. The molecule has 0 radical (unpaired) electrons. The second-order valence-electron chi connectivity index (χ2n) is 7.14. The number of benzene rings is 1. The van der Waals surface area contributed by atoms with Gasteiger partial charge in [-0.25, -0.2) is 4.98 Å². The minimum absolute atomic E-state index is 0.0508. The molecule has 1 aromatic heterocycles. The molecule has 0 N–H and O–H groups in total. The third kappa shape index (κ3) is 5.35. The zero-order valence-electron chi connectivity index (χ0n) is 17.8. The van der Waals surface area contributed by atoms with Gasteiger partial charge in [0.05, 0.1) is 19.2 Å². The zero-order chi connectivity index (χ0) is 22.4. The number of carbonyl (C=O) groups is 2. The Morgan fingerprint density at radius 2 is 1.84 bits per heavy atom. The van der Waals surface area contributed by atoms with Crippen LogP contribution in [0, 0.1) is 0 Å². The second-order valence-corrected chi connectivity index (χ2v) is 7.55. The summed E-state index contributed by atoms with van der Waals surface area (Å²) >= 11 is 6.49. The van der Waals surface area contributed by atoms with Crippen molar-refractivity contribution in [3.63, 3.8) is 0 Å². The fraction of sp³-hybridized carbons (Fsp3) is 0.348. The summed E-state index contributed by atoms with van der Waals surface area (Å²) in [6.45, 7) is 5.61. The van der Waals surface area contributed by atoms with Gasteiger partial charge in [0.15, 0.2) is 0 Å². The Hall–Kier alpha value is -3.06. The average Bonchev–Trinajstić information content (AvgIpc) is 2.82. The van der Waals surface area contributed by atoms with Crippen molar-refractivity contribution in [2.75, 3.05) is 40.4 Å². The van der Waals surface area contributed by atoms with E-state index in [2.05, 4.69) is 11.6 Å². The topological polar surface area (TPSA) is 72.0 Å². The largest absolute Gasteiger partial charge is 0.496 e. The molecule has 0 spiro atoms. The van der Waals surface area contributed by atoms with Crippen molar-refractivity contribution in [1.82, 2.24) is 14.8 Å². The van der Waals surface area contributed by atoms with Crippen LogP contribution in [0.15, 0.2) is 43.1 Å². The van der Waals surface area contributed by atoms with E-state index in [9.17, 15) is 9.59 Å². The quantitative estimate of drug-likeness (QED) is 0.614. The van der Waals surface area contributed by atoms with Crippen molar-refractivity contribution in [2.45, 2.75) is 12.8 Å². The molecule has 164 valence electrons. The summed E-state index contributed by atoms with van der Waals surface area (Å²) in [7, 11) is 3.15. The Balaban J connectivity index is 1.71. The highest BCUT2D eigenvalue weighted by Crippen LogP contribution is 2.35. The predicted octanol–water partition coefficient (Wildman–Crippen LogP) is 3.21. The molecule has 1 aliphatic heterocycles. The molecule has 1 aliphatic rings. The van der Waals surface area contributed by atoms with Crippen LogP contribution in [0.1, 0.15) is 12.0 Å². The Morgan fingerprint density at radius 1 is 1.13 bits per heavy atom. The van der Waals surface area contributed by atoms with Gasteiger partial charge in [-0.1, -0.05) is 18.2 Å². The van der Waals surface area contributed by atoms with Gasteiger partial charge in [0, 0.05) is 50.4 Å². The maximum atomic E-state index is 12.7. The first kappa shape index (κ1) is 22.6. The minimum Gasteiger partial charge on any atom is -0.496 e. The Bertz CT molecular complexity index is 971. The van der Waals surface area contributed by atoms with E-state index in [1.165, 1.54) is 6.08 Å². The molecule has 1 saturated heterocycles. The number of pyridine rings is 1. The first-order chi connectivity index (χ1) is 15.0. The lowest BCUT2D eigenvalue weighted by Crippen LogP contribution is -2.50. The summed E-state index contributed by atoms with van der Waals surface area (Å²) < 4.78 is 10.7. The second kappa shape index (κ2) is 10.3. The van der Waals surface area contributed by atoms with Crippen molar-refractivity contribution in [2.24, 2.45) is 0 Å². The zero-order valence-corrected chi connectivity index (χ0v) is 18.5. The maximum absolute atomic E-state index is 12.7. The van der Waals surface area contributed by atoms with Crippen LogP contribution in [-0.2, 0) is 16.0 Å². The normalized spacial score (nSPS) is 13.6. The summed E-state index contributed by atoms with van der Waals surface area (Å²) in [5.41, 5.74) is 2.59. The third-order valence-electron chi connectivity index (χ3n) is 5.35. The maximum Gasteiger partial charge on any atom is 0.246 e. The number of aryl methyl sites for hydroxylation is 1. The number of ether oxygens (including phenoxy) is 2. The van der Waals surface area contributed by atoms with Gasteiger partial charge in [-0.05, 0) is 41.8 Å². The summed E-state index contributed by atoms with van der Waals surface area (Å²) in [5.74, 6) is 1.09. The third-order valence-corrected chi connectivity index (χ3v) is 5.66. The van der Waals surface area contributed by atoms with E-state index in [-0.39, 0.29) is 11.8 Å². The summed E-state index contributed by atoms with van der Waals surface area (Å²) in [6, 6.07) is 7.38. The minimum atomic E-state index is -0.0988. The summed E-state index contributed by atoms with van der Waals surface area (Å²) in [6.07, 6.45) is 3.82. The van der Waals surface area contributed by atoms with E-state index in [4.69, 9.17) is 21.1 Å².